The lowest BCUT2D eigenvalue weighted by molar-refractivity contribution is 0.0220. The van der Waals surface area contributed by atoms with Crippen molar-refractivity contribution in [3.05, 3.63) is 65.2 Å². The molecule has 2 aromatic carbocycles. The lowest BCUT2D eigenvalue weighted by atomic mass is 9.63. The molecule has 1 saturated carbocycles. The molecule has 1 saturated heterocycles. The highest BCUT2D eigenvalue weighted by Crippen LogP contribution is 2.47. The molecule has 36 heavy (non-hydrogen) atoms. The lowest BCUT2D eigenvalue weighted by Gasteiger charge is -2.51. The predicted molar refractivity (Wildman–Crippen MR) is 144 cm³/mol. The number of nitrogens with zero attached hydrogens (tertiary/aromatic N) is 1. The van der Waals surface area contributed by atoms with Gasteiger partial charge in [-0.05, 0) is 85.9 Å². The number of benzene rings is 2. The molecule has 1 heterocycles. The molecule has 2 unspecified atom stereocenters. The van der Waals surface area contributed by atoms with Crippen molar-refractivity contribution in [1.82, 2.24) is 4.90 Å². The fourth-order valence-electron chi connectivity index (χ4n) is 6.91. The van der Waals surface area contributed by atoms with Crippen LogP contribution in [0.1, 0.15) is 61.6 Å². The first-order valence-electron chi connectivity index (χ1n) is 13.4. The number of methoxy groups -OCH3 is 1. The summed E-state index contributed by atoms with van der Waals surface area (Å²) in [6.07, 6.45) is 9.23. The van der Waals surface area contributed by atoms with Gasteiger partial charge in [-0.2, -0.15) is 0 Å². The molecule has 0 aromatic heterocycles. The predicted octanol–water partition coefficient (Wildman–Crippen LogP) is 4.27. The molecule has 2 bridgehead atoms. The zero-order valence-corrected chi connectivity index (χ0v) is 22.2. The van der Waals surface area contributed by atoms with Crippen LogP contribution in [0.25, 0.3) is 0 Å². The molecule has 6 nitrogen and oxygen atoms in total. The van der Waals surface area contributed by atoms with E-state index in [-0.39, 0.29) is 17.8 Å². The van der Waals surface area contributed by atoms with Gasteiger partial charge in [0.25, 0.3) is 0 Å². The van der Waals surface area contributed by atoms with Gasteiger partial charge < -0.3 is 14.7 Å². The standard InChI is InChI=1S/C29H40N2O4S/c1-35-17-18-36(33,34)30-26-10-4-9-25(19-26)28-12-5-11-27(22-28)31(16-14-28)15-6-13-29(32)20-23-7-2-3-8-24(23)21-29/h2-4,7-10,19,27,30,32H,5-6,11-18,20-22H2,1H3. The summed E-state index contributed by atoms with van der Waals surface area (Å²) < 4.78 is 32.4. The average Bonchev–Trinajstić information content (AvgIpc) is 3.20. The largest absolute Gasteiger partial charge is 0.389 e. The van der Waals surface area contributed by atoms with Crippen molar-refractivity contribution >= 4 is 15.7 Å². The van der Waals surface area contributed by atoms with Gasteiger partial charge in [-0.15, -0.1) is 0 Å². The molecule has 196 valence electrons. The number of hydrogen-bond acceptors (Lipinski definition) is 5. The summed E-state index contributed by atoms with van der Waals surface area (Å²) in [6.45, 7) is 2.28. The summed E-state index contributed by atoms with van der Waals surface area (Å²) in [4.78, 5) is 2.65. The summed E-state index contributed by atoms with van der Waals surface area (Å²) in [5.74, 6) is -0.0445. The second-order valence-electron chi connectivity index (χ2n) is 11.3. The Hall–Kier alpha value is -1.93. The van der Waals surface area contributed by atoms with E-state index in [2.05, 4.69) is 46.0 Å². The molecule has 0 spiro atoms. The second-order valence-corrected chi connectivity index (χ2v) is 13.1. The quantitative estimate of drug-likeness (QED) is 0.497. The second kappa shape index (κ2) is 10.4. The van der Waals surface area contributed by atoms with Gasteiger partial charge in [0.15, 0.2) is 0 Å². The molecule has 0 radical (unpaired) electrons. The topological polar surface area (TPSA) is 78.9 Å². The van der Waals surface area contributed by atoms with Crippen molar-refractivity contribution in [2.24, 2.45) is 0 Å². The Morgan fingerprint density at radius 1 is 1.11 bits per heavy atom. The molecule has 1 aliphatic heterocycles. The van der Waals surface area contributed by atoms with Gasteiger partial charge in [-0.3, -0.25) is 4.72 Å². The third kappa shape index (κ3) is 5.64. The van der Waals surface area contributed by atoms with Crippen LogP contribution in [-0.2, 0) is 33.0 Å². The van der Waals surface area contributed by atoms with E-state index < -0.39 is 15.6 Å². The van der Waals surface area contributed by atoms with Crippen LogP contribution in [0.4, 0.5) is 5.69 Å². The van der Waals surface area contributed by atoms with Crippen molar-refractivity contribution in [3.8, 4) is 0 Å². The first-order valence-corrected chi connectivity index (χ1v) is 15.1. The Morgan fingerprint density at radius 3 is 2.64 bits per heavy atom. The Balaban J connectivity index is 1.19. The minimum Gasteiger partial charge on any atom is -0.389 e. The number of nitrogens with one attached hydrogen (secondary N) is 1. The van der Waals surface area contributed by atoms with Crippen molar-refractivity contribution < 1.29 is 18.3 Å². The smallest absolute Gasteiger partial charge is 0.234 e. The number of aliphatic hydroxyl groups is 1. The van der Waals surface area contributed by atoms with E-state index in [0.29, 0.717) is 11.7 Å². The highest BCUT2D eigenvalue weighted by atomic mass is 32.2. The molecular formula is C29H40N2O4S. The normalized spacial score (nSPS) is 25.4. The number of likely N-dealkylation sites (tertiary alicyclic amines) is 1. The minimum atomic E-state index is -3.42. The maximum atomic E-state index is 12.4. The van der Waals surface area contributed by atoms with Crippen molar-refractivity contribution in [1.29, 1.82) is 0 Å². The number of ether oxygens (including phenoxy) is 1. The van der Waals surface area contributed by atoms with Crippen LogP contribution < -0.4 is 4.72 Å². The zero-order chi connectivity index (χ0) is 25.2. The van der Waals surface area contributed by atoms with Crippen molar-refractivity contribution in [2.75, 3.05) is 37.3 Å². The molecule has 5 rings (SSSR count). The molecule has 7 heteroatoms. The van der Waals surface area contributed by atoms with Crippen LogP contribution in [-0.4, -0.2) is 62.6 Å². The fraction of sp³-hybridized carbons (Fsp3) is 0.586. The Kier molecular flexibility index (Phi) is 7.46. The number of sulfonamides is 1. The summed E-state index contributed by atoms with van der Waals surface area (Å²) in [5, 5.41) is 11.2. The van der Waals surface area contributed by atoms with E-state index in [0.717, 1.165) is 58.0 Å². The Labute approximate surface area is 216 Å². The van der Waals surface area contributed by atoms with Crippen molar-refractivity contribution in [3.63, 3.8) is 0 Å². The van der Waals surface area contributed by atoms with E-state index in [9.17, 15) is 13.5 Å². The summed E-state index contributed by atoms with van der Waals surface area (Å²) >= 11 is 0. The SMILES string of the molecule is COCCS(=O)(=O)Nc1cccc(C23CCCC(C2)N(CCCC2(O)Cc4ccccc4C2)CC3)c1. The van der Waals surface area contributed by atoms with Gasteiger partial charge in [0.1, 0.15) is 0 Å². The number of fused-ring (bicyclic) bond motifs is 3. The lowest BCUT2D eigenvalue weighted by Crippen LogP contribution is -2.52. The van der Waals surface area contributed by atoms with E-state index in [1.54, 1.807) is 0 Å². The van der Waals surface area contributed by atoms with E-state index in [4.69, 9.17) is 4.74 Å². The van der Waals surface area contributed by atoms with Crippen LogP contribution >= 0.6 is 0 Å². The van der Waals surface area contributed by atoms with Crippen LogP contribution in [0, 0.1) is 0 Å². The fourth-order valence-corrected chi connectivity index (χ4v) is 7.88. The van der Waals surface area contributed by atoms with E-state index in [1.165, 1.54) is 36.6 Å². The monoisotopic (exact) mass is 512 g/mol. The maximum absolute atomic E-state index is 12.4. The Bertz CT molecular complexity index is 1140. The molecule has 3 aliphatic rings. The minimum absolute atomic E-state index is 0.0445. The van der Waals surface area contributed by atoms with Crippen LogP contribution in [0.2, 0.25) is 0 Å². The highest BCUT2D eigenvalue weighted by molar-refractivity contribution is 7.92. The molecular weight excluding hydrogens is 472 g/mol. The summed E-state index contributed by atoms with van der Waals surface area (Å²) in [5.41, 5.74) is 4.05. The molecule has 2 fully saturated rings. The third-order valence-electron chi connectivity index (χ3n) is 8.76. The zero-order valence-electron chi connectivity index (χ0n) is 21.4. The van der Waals surface area contributed by atoms with Gasteiger partial charge in [-0.25, -0.2) is 8.42 Å². The number of rotatable bonds is 10. The van der Waals surface area contributed by atoms with Gasteiger partial charge in [-0.1, -0.05) is 42.8 Å². The van der Waals surface area contributed by atoms with Gasteiger partial charge in [0.2, 0.25) is 10.0 Å². The molecule has 2 aliphatic carbocycles. The molecule has 2 N–H and O–H groups in total. The number of piperidine rings is 1. The van der Waals surface area contributed by atoms with Crippen LogP contribution in [0.5, 0.6) is 0 Å². The number of hydrogen-bond donors (Lipinski definition) is 2. The highest BCUT2D eigenvalue weighted by Gasteiger charge is 2.44. The Morgan fingerprint density at radius 2 is 1.89 bits per heavy atom. The maximum Gasteiger partial charge on any atom is 0.234 e. The van der Waals surface area contributed by atoms with Gasteiger partial charge in [0, 0.05) is 31.7 Å². The van der Waals surface area contributed by atoms with E-state index >= 15 is 0 Å². The third-order valence-corrected chi connectivity index (χ3v) is 10.0. The summed E-state index contributed by atoms with van der Waals surface area (Å²) in [7, 11) is -1.91. The molecule has 0 amide bonds. The molecule has 2 aromatic rings. The average molecular weight is 513 g/mol. The van der Waals surface area contributed by atoms with Gasteiger partial charge in [0.05, 0.1) is 18.0 Å². The van der Waals surface area contributed by atoms with Crippen LogP contribution in [0.15, 0.2) is 48.5 Å². The number of anilines is 1. The first-order chi connectivity index (χ1) is 17.3. The summed E-state index contributed by atoms with van der Waals surface area (Å²) in [6, 6.07) is 17.1. The van der Waals surface area contributed by atoms with Crippen LogP contribution in [0.3, 0.4) is 0 Å². The van der Waals surface area contributed by atoms with E-state index in [1.807, 2.05) is 12.1 Å². The molecule has 2 atom stereocenters. The van der Waals surface area contributed by atoms with Gasteiger partial charge >= 0.3 is 0 Å². The first kappa shape index (κ1) is 25.7. The van der Waals surface area contributed by atoms with Crippen molar-refractivity contribution in [2.45, 2.75) is 74.8 Å².